The van der Waals surface area contributed by atoms with E-state index in [-0.39, 0.29) is 10.8 Å². The molecule has 2 heteroatoms. The summed E-state index contributed by atoms with van der Waals surface area (Å²) in [5.41, 5.74) is 3.51. The summed E-state index contributed by atoms with van der Waals surface area (Å²) in [7, 11) is 0. The van der Waals surface area contributed by atoms with E-state index < -0.39 is 0 Å². The van der Waals surface area contributed by atoms with Crippen LogP contribution in [0.25, 0.3) is 21.5 Å². The Hall–Kier alpha value is -1.11. The van der Waals surface area contributed by atoms with Crippen molar-refractivity contribution in [1.82, 2.24) is 0 Å². The van der Waals surface area contributed by atoms with Gasteiger partial charge in [0.15, 0.2) is 0 Å². The molecule has 1 fully saturated rings. The van der Waals surface area contributed by atoms with Gasteiger partial charge in [0, 0.05) is 0 Å². The van der Waals surface area contributed by atoms with Crippen molar-refractivity contribution in [3.8, 4) is 0 Å². The molecule has 3 aromatic rings. The van der Waals surface area contributed by atoms with Gasteiger partial charge in [-0.05, 0) is 10.8 Å². The number of allylic oxidation sites excluding steroid dienone is 4. The second-order valence-electron chi connectivity index (χ2n) is 11.4. The van der Waals surface area contributed by atoms with Crippen LogP contribution in [0.5, 0.6) is 0 Å². The van der Waals surface area contributed by atoms with E-state index in [0.717, 1.165) is 6.42 Å². The molecule has 3 aromatic carbocycles. The first-order chi connectivity index (χ1) is 15.6. The fraction of sp³-hybridized carbons (Fsp3) is 0.452. The molecule has 1 heterocycles. The van der Waals surface area contributed by atoms with Crippen LogP contribution in [-0.4, -0.2) is 5.43 Å². The first-order valence-corrected chi connectivity index (χ1v) is 18.1. The van der Waals surface area contributed by atoms with E-state index in [2.05, 4.69) is 96.2 Å². The Labute approximate surface area is 217 Å². The molecule has 1 aliphatic carbocycles. The standard InChI is InChI=1S/C21H25.C5H10Si.C5H5.Zr/c1-20(2,3)16-7-9-18-14(12-16)11-15-13-17(21(4,5)6)8-10-19(15)18;1-2-4-6-5-3-1;1-2-4-5-3-1;/h7-13H,1-6H3;1-5H2;1-3H,4H2;/q-1;;-1;+2. The monoisotopic (exact) mass is 530 g/mol. The molecular formula is C31H40SiZr. The fourth-order valence-electron chi connectivity index (χ4n) is 4.27. The molecule has 172 valence electrons. The third kappa shape index (κ3) is 7.69. The average Bonchev–Trinajstić information content (AvgIpc) is 3.44. The first kappa shape index (κ1) is 26.5. The van der Waals surface area contributed by atoms with Crippen LogP contribution in [0, 0.1) is 6.08 Å². The maximum absolute atomic E-state index is 2.99. The van der Waals surface area contributed by atoms with Crippen molar-refractivity contribution in [2.45, 2.75) is 90.1 Å². The van der Waals surface area contributed by atoms with Crippen molar-refractivity contribution in [3.63, 3.8) is 0 Å². The zero-order chi connectivity index (χ0) is 24.1. The van der Waals surface area contributed by atoms with Gasteiger partial charge < -0.3 is 0 Å². The van der Waals surface area contributed by atoms with Crippen LogP contribution in [0.2, 0.25) is 12.1 Å². The minimum absolute atomic E-state index is 0.203. The van der Waals surface area contributed by atoms with E-state index in [1.807, 2.05) is 35.5 Å². The Morgan fingerprint density at radius 1 is 0.788 bits per heavy atom. The van der Waals surface area contributed by atoms with Crippen molar-refractivity contribution in [3.05, 3.63) is 77.9 Å². The predicted octanol–water partition coefficient (Wildman–Crippen LogP) is 9.32. The van der Waals surface area contributed by atoms with Crippen LogP contribution < -0.4 is 0 Å². The Morgan fingerprint density at radius 3 is 1.61 bits per heavy atom. The molecule has 2 aliphatic rings. The zero-order valence-corrected chi connectivity index (χ0v) is 25.0. The Morgan fingerprint density at radius 2 is 1.30 bits per heavy atom. The van der Waals surface area contributed by atoms with E-state index in [1.54, 1.807) is 24.9 Å². The van der Waals surface area contributed by atoms with E-state index in [4.69, 9.17) is 0 Å². The summed E-state index contributed by atoms with van der Waals surface area (Å²) in [5.74, 6) is 0. The van der Waals surface area contributed by atoms with Gasteiger partial charge in [-0.25, -0.2) is 12.2 Å². The first-order valence-electron chi connectivity index (χ1n) is 12.5. The summed E-state index contributed by atoms with van der Waals surface area (Å²) in [6.45, 7) is 13.6. The fourth-order valence-corrected chi connectivity index (χ4v) is 8.48. The molecule has 0 atom stereocenters. The molecule has 0 N–H and O–H groups in total. The van der Waals surface area contributed by atoms with Gasteiger partial charge in [-0.2, -0.15) is 6.08 Å². The van der Waals surface area contributed by atoms with Gasteiger partial charge in [0.2, 0.25) is 0 Å². The minimum atomic E-state index is 0.203. The average molecular weight is 532 g/mol. The molecule has 5 rings (SSSR count). The molecule has 0 aromatic heterocycles. The zero-order valence-electron chi connectivity index (χ0n) is 21.5. The normalized spacial score (nSPS) is 15.9. The van der Waals surface area contributed by atoms with E-state index in [9.17, 15) is 0 Å². The van der Waals surface area contributed by atoms with E-state index >= 15 is 0 Å². The van der Waals surface area contributed by atoms with Crippen LogP contribution in [0.1, 0.15) is 78.4 Å². The predicted molar refractivity (Wildman–Crippen MR) is 145 cm³/mol. The summed E-state index contributed by atoms with van der Waals surface area (Å²) in [5, 5.41) is 5.48. The number of fused-ring (bicyclic) bond motifs is 3. The molecule has 1 aliphatic heterocycles. The molecule has 0 unspecified atom stereocenters. The third-order valence-electron chi connectivity index (χ3n) is 6.48. The van der Waals surface area contributed by atoms with Gasteiger partial charge in [0.05, 0.1) is 0 Å². The van der Waals surface area contributed by atoms with Gasteiger partial charge in [-0.3, -0.25) is 6.08 Å². The van der Waals surface area contributed by atoms with Crippen LogP contribution in [0.15, 0.2) is 60.7 Å². The summed E-state index contributed by atoms with van der Waals surface area (Å²) >= 11 is 1.87. The molecule has 0 amide bonds. The molecule has 0 nitrogen and oxygen atoms in total. The van der Waals surface area contributed by atoms with Crippen LogP contribution in [0.3, 0.4) is 0 Å². The Bertz CT molecular complexity index is 1060. The molecule has 1 saturated heterocycles. The van der Waals surface area contributed by atoms with Gasteiger partial charge in [0.1, 0.15) is 0 Å². The second kappa shape index (κ2) is 11.5. The van der Waals surface area contributed by atoms with E-state index in [1.165, 1.54) is 39.1 Å². The van der Waals surface area contributed by atoms with Crippen molar-refractivity contribution in [2.24, 2.45) is 0 Å². The van der Waals surface area contributed by atoms with Crippen molar-refractivity contribution in [1.29, 1.82) is 0 Å². The summed E-state index contributed by atoms with van der Waals surface area (Å²) in [4.78, 5) is 0. The Balaban J connectivity index is 0.000000207. The topological polar surface area (TPSA) is 0 Å². The third-order valence-corrected chi connectivity index (χ3v) is 12.1. The Kier molecular flexibility index (Phi) is 9.27. The summed E-state index contributed by atoms with van der Waals surface area (Å²) in [6.07, 6.45) is 14.6. The molecule has 0 spiro atoms. The molecule has 0 bridgehead atoms. The summed E-state index contributed by atoms with van der Waals surface area (Å²) < 4.78 is 0. The van der Waals surface area contributed by atoms with Gasteiger partial charge >= 0.3 is 60.1 Å². The number of hydrogen-bond acceptors (Lipinski definition) is 0. The van der Waals surface area contributed by atoms with Crippen molar-refractivity contribution >= 4 is 27.0 Å². The molecular weight excluding hydrogens is 492 g/mol. The van der Waals surface area contributed by atoms with E-state index in [0.29, 0.717) is 5.43 Å². The van der Waals surface area contributed by atoms with Gasteiger partial charge in [-0.15, -0.1) is 46.2 Å². The number of rotatable bonds is 0. The molecule has 0 radical (unpaired) electrons. The van der Waals surface area contributed by atoms with Gasteiger partial charge in [-0.1, -0.05) is 76.9 Å². The molecule has 0 saturated carbocycles. The number of hydrogen-bond donors (Lipinski definition) is 0. The van der Waals surface area contributed by atoms with Gasteiger partial charge in [0.25, 0.3) is 0 Å². The molecule has 33 heavy (non-hydrogen) atoms. The summed E-state index contributed by atoms with van der Waals surface area (Å²) in [6, 6.07) is 19.4. The SMILES string of the molecule is CC(C)(C)c1ccc2c(c1)[cH-]c1cc(C(C)(C)C)ccc12.[C-]1=CC=CC1.[Zr+2]=[Si]1CCCCC1. The van der Waals surface area contributed by atoms with Crippen LogP contribution in [-0.2, 0) is 34.2 Å². The van der Waals surface area contributed by atoms with Crippen LogP contribution >= 0.6 is 0 Å². The number of benzene rings is 2. The van der Waals surface area contributed by atoms with Crippen molar-refractivity contribution in [2.75, 3.05) is 0 Å². The van der Waals surface area contributed by atoms with Crippen LogP contribution in [0.4, 0.5) is 0 Å². The maximum atomic E-state index is 2.99. The quantitative estimate of drug-likeness (QED) is 0.200. The van der Waals surface area contributed by atoms with Crippen molar-refractivity contribution < 1.29 is 23.3 Å². The second-order valence-corrected chi connectivity index (χ2v) is 18.8.